The number of nitrogens with one attached hydrogen (secondary N) is 1. The number of nitrogens with zero attached hydrogens (tertiary/aromatic N) is 3. The molecule has 2 aliphatic rings. The molecule has 6 heteroatoms. The van der Waals surface area contributed by atoms with Crippen molar-refractivity contribution >= 4 is 5.96 Å². The van der Waals surface area contributed by atoms with Crippen LogP contribution >= 0.6 is 0 Å². The molecule has 6 nitrogen and oxygen atoms in total. The van der Waals surface area contributed by atoms with Gasteiger partial charge in [0.25, 0.3) is 0 Å². The van der Waals surface area contributed by atoms with Gasteiger partial charge in [-0.15, -0.1) is 0 Å². The van der Waals surface area contributed by atoms with Gasteiger partial charge < -0.3 is 15.8 Å². The average molecular weight is 388 g/mol. The van der Waals surface area contributed by atoms with E-state index in [4.69, 9.17) is 10.5 Å². The minimum Gasteiger partial charge on any atom is -0.379 e. The molecule has 1 aromatic rings. The van der Waals surface area contributed by atoms with Gasteiger partial charge in [0.1, 0.15) is 0 Å². The van der Waals surface area contributed by atoms with Crippen molar-refractivity contribution < 1.29 is 4.74 Å². The van der Waals surface area contributed by atoms with Gasteiger partial charge in [0, 0.05) is 38.8 Å². The Morgan fingerprint density at radius 2 is 1.93 bits per heavy atom. The molecule has 0 amide bonds. The van der Waals surface area contributed by atoms with Gasteiger partial charge in [-0.05, 0) is 36.4 Å². The fourth-order valence-electron chi connectivity index (χ4n) is 4.14. The van der Waals surface area contributed by atoms with Crippen molar-refractivity contribution in [1.29, 1.82) is 0 Å². The highest BCUT2D eigenvalue weighted by molar-refractivity contribution is 5.77. The van der Waals surface area contributed by atoms with Crippen molar-refractivity contribution in [3.05, 3.63) is 35.4 Å². The number of guanidine groups is 1. The zero-order valence-corrected chi connectivity index (χ0v) is 17.6. The van der Waals surface area contributed by atoms with Crippen LogP contribution in [-0.4, -0.2) is 74.3 Å². The summed E-state index contributed by atoms with van der Waals surface area (Å²) in [5, 5.41) is 3.29. The molecule has 0 bridgehead atoms. The van der Waals surface area contributed by atoms with Crippen LogP contribution < -0.4 is 11.1 Å². The lowest BCUT2D eigenvalue weighted by molar-refractivity contribution is 0.0376. The molecule has 3 N–H and O–H groups in total. The van der Waals surface area contributed by atoms with E-state index in [1.54, 1.807) is 0 Å². The average Bonchev–Trinajstić information content (AvgIpc) is 2.72. The van der Waals surface area contributed by atoms with Gasteiger partial charge in [-0.2, -0.15) is 0 Å². The Balaban J connectivity index is 1.43. The first kappa shape index (κ1) is 21.1. The molecule has 0 aliphatic carbocycles. The lowest BCUT2D eigenvalue weighted by atomic mass is 9.95. The van der Waals surface area contributed by atoms with Crippen molar-refractivity contribution in [2.45, 2.75) is 39.3 Å². The van der Waals surface area contributed by atoms with Gasteiger partial charge in [-0.25, -0.2) is 0 Å². The Labute approximate surface area is 170 Å². The van der Waals surface area contributed by atoms with E-state index < -0.39 is 0 Å². The van der Waals surface area contributed by atoms with Crippen LogP contribution in [0.2, 0.25) is 0 Å². The van der Waals surface area contributed by atoms with Gasteiger partial charge in [0.05, 0.1) is 19.8 Å². The first-order valence-electron chi connectivity index (χ1n) is 10.8. The summed E-state index contributed by atoms with van der Waals surface area (Å²) < 4.78 is 5.39. The van der Waals surface area contributed by atoms with Crippen molar-refractivity contribution in [1.82, 2.24) is 15.1 Å². The second-order valence-corrected chi connectivity index (χ2v) is 8.26. The number of rotatable bonds is 8. The maximum atomic E-state index is 6.13. The largest absolute Gasteiger partial charge is 0.379 e. The third-order valence-corrected chi connectivity index (χ3v) is 5.91. The summed E-state index contributed by atoms with van der Waals surface area (Å²) in [6.07, 6.45) is 2.20. The number of aliphatic imine (C=N–C) groups is 1. The van der Waals surface area contributed by atoms with E-state index in [0.717, 1.165) is 71.9 Å². The van der Waals surface area contributed by atoms with Gasteiger partial charge in [-0.3, -0.25) is 14.8 Å². The van der Waals surface area contributed by atoms with Gasteiger partial charge in [-0.1, -0.05) is 38.1 Å². The number of nitrogens with two attached hydrogens (primary N) is 1. The molecule has 28 heavy (non-hydrogen) atoms. The zero-order chi connectivity index (χ0) is 19.8. The Morgan fingerprint density at radius 1 is 1.18 bits per heavy atom. The maximum Gasteiger partial charge on any atom is 0.188 e. The van der Waals surface area contributed by atoms with E-state index in [-0.39, 0.29) is 0 Å². The zero-order valence-electron chi connectivity index (χ0n) is 17.6. The number of fused-ring (bicyclic) bond motifs is 1. The van der Waals surface area contributed by atoms with E-state index in [1.165, 1.54) is 11.1 Å². The molecule has 2 aliphatic heterocycles. The molecule has 0 aromatic heterocycles. The van der Waals surface area contributed by atoms with Crippen LogP contribution in [0.4, 0.5) is 0 Å². The summed E-state index contributed by atoms with van der Waals surface area (Å²) in [5.41, 5.74) is 9.08. The molecule has 1 unspecified atom stereocenters. The van der Waals surface area contributed by atoms with Crippen LogP contribution in [0.5, 0.6) is 0 Å². The standard InChI is InChI=1S/C22H37N5O/c1-18(2)21(27-11-8-19-6-3-4-7-20(19)17-27)16-25-22(23)24-9-5-10-26-12-14-28-15-13-26/h3-4,6-7,18,21H,5,8-17H2,1-2H3,(H3,23,24,25). The number of hydrogen-bond acceptors (Lipinski definition) is 4. The predicted octanol–water partition coefficient (Wildman–Crippen LogP) is 1.70. The van der Waals surface area contributed by atoms with Crippen LogP contribution in [0.3, 0.4) is 0 Å². The smallest absolute Gasteiger partial charge is 0.188 e. The monoisotopic (exact) mass is 387 g/mol. The molecule has 1 fully saturated rings. The molecule has 3 rings (SSSR count). The fourth-order valence-corrected chi connectivity index (χ4v) is 4.14. The third kappa shape index (κ3) is 6.19. The van der Waals surface area contributed by atoms with Crippen molar-refractivity contribution in [2.75, 3.05) is 52.5 Å². The molecule has 0 spiro atoms. The first-order valence-corrected chi connectivity index (χ1v) is 10.8. The van der Waals surface area contributed by atoms with Crippen molar-refractivity contribution in [2.24, 2.45) is 16.6 Å². The van der Waals surface area contributed by atoms with Crippen molar-refractivity contribution in [3.63, 3.8) is 0 Å². The van der Waals surface area contributed by atoms with E-state index >= 15 is 0 Å². The SMILES string of the molecule is CC(C)C(CN=C(N)NCCCN1CCOCC1)N1CCc2ccccc2C1. The van der Waals surface area contributed by atoms with Gasteiger partial charge >= 0.3 is 0 Å². The topological polar surface area (TPSA) is 66.1 Å². The van der Waals surface area contributed by atoms with Crippen molar-refractivity contribution in [3.8, 4) is 0 Å². The molecule has 1 saturated heterocycles. The van der Waals surface area contributed by atoms with E-state index in [1.807, 2.05) is 0 Å². The molecule has 0 radical (unpaired) electrons. The Morgan fingerprint density at radius 3 is 2.68 bits per heavy atom. The van der Waals surface area contributed by atoms with E-state index in [0.29, 0.717) is 17.9 Å². The highest BCUT2D eigenvalue weighted by atomic mass is 16.5. The van der Waals surface area contributed by atoms with E-state index in [2.05, 4.69) is 58.2 Å². The third-order valence-electron chi connectivity index (χ3n) is 5.91. The Bertz CT molecular complexity index is 627. The van der Waals surface area contributed by atoms with Gasteiger partial charge in [0.15, 0.2) is 5.96 Å². The number of benzene rings is 1. The van der Waals surface area contributed by atoms with Crippen LogP contribution in [0, 0.1) is 5.92 Å². The maximum absolute atomic E-state index is 6.13. The Hall–Kier alpha value is -1.63. The highest BCUT2D eigenvalue weighted by Gasteiger charge is 2.25. The second-order valence-electron chi connectivity index (χ2n) is 8.26. The predicted molar refractivity (Wildman–Crippen MR) is 116 cm³/mol. The molecular weight excluding hydrogens is 350 g/mol. The van der Waals surface area contributed by atoms with Crippen LogP contribution in [-0.2, 0) is 17.7 Å². The second kappa shape index (κ2) is 10.8. The normalized spacial score (nSPS) is 20.2. The summed E-state index contributed by atoms with van der Waals surface area (Å²) in [6, 6.07) is 9.22. The molecular formula is C22H37N5O. The number of hydrogen-bond donors (Lipinski definition) is 2. The van der Waals surface area contributed by atoms with E-state index in [9.17, 15) is 0 Å². The van der Waals surface area contributed by atoms with Crippen LogP contribution in [0.1, 0.15) is 31.4 Å². The molecule has 156 valence electrons. The minimum atomic E-state index is 0.419. The summed E-state index contributed by atoms with van der Waals surface area (Å²) in [4.78, 5) is 9.69. The molecule has 1 atom stereocenters. The quantitative estimate of drug-likeness (QED) is 0.404. The molecule has 1 aromatic carbocycles. The molecule has 2 heterocycles. The summed E-state index contributed by atoms with van der Waals surface area (Å²) in [5.74, 6) is 1.12. The summed E-state index contributed by atoms with van der Waals surface area (Å²) in [6.45, 7) is 13.2. The van der Waals surface area contributed by atoms with Gasteiger partial charge in [0.2, 0.25) is 0 Å². The highest BCUT2D eigenvalue weighted by Crippen LogP contribution is 2.23. The molecule has 0 saturated carbocycles. The lowest BCUT2D eigenvalue weighted by Crippen LogP contribution is -2.45. The first-order chi connectivity index (χ1) is 13.6. The fraction of sp³-hybridized carbons (Fsp3) is 0.682. The van der Waals surface area contributed by atoms with Crippen LogP contribution in [0.15, 0.2) is 29.3 Å². The minimum absolute atomic E-state index is 0.419. The summed E-state index contributed by atoms with van der Waals surface area (Å²) in [7, 11) is 0. The Kier molecular flexibility index (Phi) is 8.13. The lowest BCUT2D eigenvalue weighted by Gasteiger charge is -2.37. The number of ether oxygens (including phenoxy) is 1. The number of morpholine rings is 1. The summed E-state index contributed by atoms with van der Waals surface area (Å²) >= 11 is 0. The van der Waals surface area contributed by atoms with Crippen LogP contribution in [0.25, 0.3) is 0 Å².